The molecule has 1 aliphatic rings. The van der Waals surface area contributed by atoms with Crippen molar-refractivity contribution >= 4 is 28.8 Å². The zero-order valence-corrected chi connectivity index (χ0v) is 18.7. The van der Waals surface area contributed by atoms with Crippen molar-refractivity contribution in [2.45, 2.75) is 19.5 Å². The van der Waals surface area contributed by atoms with Crippen LogP contribution in [0.3, 0.4) is 0 Å². The summed E-state index contributed by atoms with van der Waals surface area (Å²) in [5, 5.41) is 13.1. The third-order valence-electron chi connectivity index (χ3n) is 5.42. The highest BCUT2D eigenvalue weighted by molar-refractivity contribution is 7.10. The molecule has 0 aliphatic carbocycles. The lowest BCUT2D eigenvalue weighted by Gasteiger charge is -2.25. The molecule has 1 atom stereocenters. The summed E-state index contributed by atoms with van der Waals surface area (Å²) in [6, 6.07) is 9.71. The molecule has 3 aromatic rings. The Balaban J connectivity index is 1.86. The molecule has 8 heteroatoms. The van der Waals surface area contributed by atoms with Crippen molar-refractivity contribution < 1.29 is 24.2 Å². The Morgan fingerprint density at radius 2 is 1.94 bits per heavy atom. The highest BCUT2D eigenvalue weighted by atomic mass is 32.1. The fraction of sp³-hybridized carbons (Fsp3) is 0.208. The number of aromatic nitrogens is 1. The molecule has 1 N–H and O–H groups in total. The van der Waals surface area contributed by atoms with Crippen molar-refractivity contribution in [1.82, 2.24) is 9.88 Å². The maximum absolute atomic E-state index is 13.1. The predicted molar refractivity (Wildman–Crippen MR) is 121 cm³/mol. The Labute approximate surface area is 189 Å². The van der Waals surface area contributed by atoms with E-state index in [4.69, 9.17) is 9.47 Å². The van der Waals surface area contributed by atoms with Gasteiger partial charge >= 0.3 is 0 Å². The maximum Gasteiger partial charge on any atom is 0.295 e. The molecule has 7 nitrogen and oxygen atoms in total. The minimum absolute atomic E-state index is 0.0525. The number of carbonyl (C=O) groups is 2. The van der Waals surface area contributed by atoms with E-state index in [1.807, 2.05) is 24.4 Å². The largest absolute Gasteiger partial charge is 0.507 e. The molecule has 1 saturated heterocycles. The lowest BCUT2D eigenvalue weighted by atomic mass is 9.98. The van der Waals surface area contributed by atoms with Gasteiger partial charge in [0.25, 0.3) is 11.7 Å². The van der Waals surface area contributed by atoms with Gasteiger partial charge in [0.15, 0.2) is 11.5 Å². The lowest BCUT2D eigenvalue weighted by molar-refractivity contribution is -0.140. The van der Waals surface area contributed by atoms with E-state index in [0.29, 0.717) is 17.1 Å². The Kier molecular flexibility index (Phi) is 5.96. The molecule has 2 aromatic heterocycles. The molecular weight excluding hydrogens is 428 g/mol. The first kappa shape index (κ1) is 21.6. The molecule has 0 saturated carbocycles. The van der Waals surface area contributed by atoms with Crippen LogP contribution in [-0.2, 0) is 16.1 Å². The number of Topliss-reactive ketones (excluding diaryl/α,β-unsaturated/α-hetero) is 1. The second kappa shape index (κ2) is 8.84. The van der Waals surface area contributed by atoms with Crippen molar-refractivity contribution in [3.8, 4) is 11.5 Å². The SMILES string of the molecule is COc1ccc(/C(O)=C2/C(=O)C(=O)N(Cc3cccnc3)C2c2sccc2C)cc1OC. The van der Waals surface area contributed by atoms with Crippen LogP contribution in [0.5, 0.6) is 11.5 Å². The van der Waals surface area contributed by atoms with Crippen LogP contribution in [0.1, 0.15) is 27.6 Å². The molecule has 0 spiro atoms. The van der Waals surface area contributed by atoms with Crippen molar-refractivity contribution in [2.75, 3.05) is 14.2 Å². The van der Waals surface area contributed by atoms with E-state index in [9.17, 15) is 14.7 Å². The average Bonchev–Trinajstić information content (AvgIpc) is 3.34. The number of aliphatic hydroxyl groups is 1. The van der Waals surface area contributed by atoms with Gasteiger partial charge < -0.3 is 19.5 Å². The van der Waals surface area contributed by atoms with Crippen LogP contribution in [-0.4, -0.2) is 40.9 Å². The first-order valence-electron chi connectivity index (χ1n) is 9.90. The second-order valence-corrected chi connectivity index (χ2v) is 8.27. The van der Waals surface area contributed by atoms with Gasteiger partial charge in [-0.15, -0.1) is 11.3 Å². The normalized spacial score (nSPS) is 17.6. The van der Waals surface area contributed by atoms with E-state index in [1.165, 1.54) is 30.5 Å². The minimum Gasteiger partial charge on any atom is -0.507 e. The quantitative estimate of drug-likeness (QED) is 0.346. The number of ketones is 1. The van der Waals surface area contributed by atoms with Gasteiger partial charge in [-0.05, 0) is 53.8 Å². The first-order chi connectivity index (χ1) is 15.5. The molecule has 0 radical (unpaired) electrons. The van der Waals surface area contributed by atoms with E-state index in [1.54, 1.807) is 36.7 Å². The van der Waals surface area contributed by atoms with Gasteiger partial charge in [-0.25, -0.2) is 0 Å². The smallest absolute Gasteiger partial charge is 0.295 e. The van der Waals surface area contributed by atoms with E-state index in [-0.39, 0.29) is 17.9 Å². The Morgan fingerprint density at radius 3 is 2.56 bits per heavy atom. The van der Waals surface area contributed by atoms with Crippen LogP contribution < -0.4 is 9.47 Å². The fourth-order valence-corrected chi connectivity index (χ4v) is 4.85. The summed E-state index contributed by atoms with van der Waals surface area (Å²) in [5.74, 6) is -0.736. The molecule has 0 bridgehead atoms. The monoisotopic (exact) mass is 450 g/mol. The molecule has 4 rings (SSSR count). The van der Waals surface area contributed by atoms with Gasteiger partial charge in [-0.3, -0.25) is 14.6 Å². The number of hydrogen-bond acceptors (Lipinski definition) is 7. The van der Waals surface area contributed by atoms with E-state index >= 15 is 0 Å². The number of amides is 1. The van der Waals surface area contributed by atoms with Gasteiger partial charge in [0.1, 0.15) is 11.8 Å². The highest BCUT2D eigenvalue weighted by Gasteiger charge is 2.47. The Bertz CT molecular complexity index is 1200. The van der Waals surface area contributed by atoms with Gasteiger partial charge in [-0.1, -0.05) is 6.07 Å². The maximum atomic E-state index is 13.1. The number of rotatable bonds is 6. The number of ether oxygens (including phenoxy) is 2. The number of pyridine rings is 1. The number of nitrogens with zero attached hydrogens (tertiary/aromatic N) is 2. The molecule has 1 fully saturated rings. The van der Waals surface area contributed by atoms with Gasteiger partial charge in [-0.2, -0.15) is 0 Å². The lowest BCUT2D eigenvalue weighted by Crippen LogP contribution is -2.29. The van der Waals surface area contributed by atoms with Crippen LogP contribution in [0.4, 0.5) is 0 Å². The number of thiophene rings is 1. The Morgan fingerprint density at radius 1 is 1.16 bits per heavy atom. The number of hydrogen-bond donors (Lipinski definition) is 1. The van der Waals surface area contributed by atoms with E-state index < -0.39 is 17.7 Å². The first-order valence-corrected chi connectivity index (χ1v) is 10.8. The van der Waals surface area contributed by atoms with Crippen LogP contribution in [0, 0.1) is 6.92 Å². The van der Waals surface area contributed by atoms with Crippen LogP contribution in [0.25, 0.3) is 5.76 Å². The second-order valence-electron chi connectivity index (χ2n) is 7.33. The molecular formula is C24H22N2O5S. The standard InChI is InChI=1S/C24H22N2O5S/c1-14-8-10-32-23(14)20-19(21(27)16-6-7-17(30-2)18(11-16)31-3)22(28)24(29)26(20)13-15-5-4-9-25-12-15/h4-12,20,27H,13H2,1-3H3/b21-19-. The summed E-state index contributed by atoms with van der Waals surface area (Å²) in [6.07, 6.45) is 3.31. The van der Waals surface area contributed by atoms with Gasteiger partial charge in [0.2, 0.25) is 0 Å². The van der Waals surface area contributed by atoms with Crippen LogP contribution in [0.2, 0.25) is 0 Å². The molecule has 32 heavy (non-hydrogen) atoms. The predicted octanol–water partition coefficient (Wildman–Crippen LogP) is 4.09. The zero-order chi connectivity index (χ0) is 22.8. The third kappa shape index (κ3) is 3.73. The summed E-state index contributed by atoms with van der Waals surface area (Å²) in [7, 11) is 3.00. The summed E-state index contributed by atoms with van der Waals surface area (Å²) < 4.78 is 10.6. The third-order valence-corrected chi connectivity index (χ3v) is 6.49. The summed E-state index contributed by atoms with van der Waals surface area (Å²) in [4.78, 5) is 32.6. The molecule has 1 amide bonds. The number of carbonyl (C=O) groups excluding carboxylic acids is 2. The summed E-state index contributed by atoms with van der Waals surface area (Å²) in [6.45, 7) is 2.12. The van der Waals surface area contributed by atoms with Crippen LogP contribution >= 0.6 is 11.3 Å². The van der Waals surface area contributed by atoms with E-state index in [2.05, 4.69) is 4.98 Å². The number of aryl methyl sites for hydroxylation is 1. The van der Waals surface area contributed by atoms with Gasteiger partial charge in [0, 0.05) is 29.4 Å². The number of methoxy groups -OCH3 is 2. The minimum atomic E-state index is -0.723. The fourth-order valence-electron chi connectivity index (χ4n) is 3.81. The van der Waals surface area contributed by atoms with Crippen molar-refractivity contribution in [3.05, 3.63) is 81.3 Å². The van der Waals surface area contributed by atoms with Crippen molar-refractivity contribution in [3.63, 3.8) is 0 Å². The number of likely N-dealkylation sites (tertiary alicyclic amines) is 1. The molecule has 3 heterocycles. The van der Waals surface area contributed by atoms with Gasteiger partial charge in [0.05, 0.1) is 19.8 Å². The Hall–Kier alpha value is -3.65. The number of benzene rings is 1. The van der Waals surface area contributed by atoms with Crippen molar-refractivity contribution in [2.24, 2.45) is 0 Å². The summed E-state index contributed by atoms with van der Waals surface area (Å²) in [5.41, 5.74) is 2.15. The van der Waals surface area contributed by atoms with E-state index in [0.717, 1.165) is 16.0 Å². The molecule has 1 aliphatic heterocycles. The molecule has 1 unspecified atom stereocenters. The van der Waals surface area contributed by atoms with Crippen LogP contribution in [0.15, 0.2) is 59.7 Å². The van der Waals surface area contributed by atoms with Crippen molar-refractivity contribution in [1.29, 1.82) is 0 Å². The average molecular weight is 451 g/mol. The number of aliphatic hydroxyl groups excluding tert-OH is 1. The highest BCUT2D eigenvalue weighted by Crippen LogP contribution is 2.43. The zero-order valence-electron chi connectivity index (χ0n) is 17.9. The molecule has 164 valence electrons. The molecule has 1 aromatic carbocycles. The topological polar surface area (TPSA) is 89.0 Å². The summed E-state index contributed by atoms with van der Waals surface area (Å²) >= 11 is 1.44.